The Morgan fingerprint density at radius 2 is 1.75 bits per heavy atom. The molecule has 1 N–H and O–H groups in total. The second-order valence-corrected chi connectivity index (χ2v) is 6.73. The molecule has 2 amide bonds. The van der Waals surface area contributed by atoms with Gasteiger partial charge in [0.05, 0.1) is 24.8 Å². The highest BCUT2D eigenvalue weighted by molar-refractivity contribution is 7.15. The molecule has 0 saturated carbocycles. The maximum Gasteiger partial charge on any atom is 0.358 e. The molecular weight excluding hydrogens is 384 g/mol. The van der Waals surface area contributed by atoms with Gasteiger partial charge in [-0.3, -0.25) is 14.5 Å². The second-order valence-electron chi connectivity index (χ2n) is 5.66. The maximum absolute atomic E-state index is 12.4. The highest BCUT2D eigenvalue weighted by atomic mass is 32.1. The highest BCUT2D eigenvalue weighted by Crippen LogP contribution is 2.26. The topological polar surface area (TPSA) is 127 Å². The van der Waals surface area contributed by atoms with Gasteiger partial charge in [-0.2, -0.15) is 0 Å². The highest BCUT2D eigenvalue weighted by Gasteiger charge is 2.35. The monoisotopic (exact) mass is 396 g/mol. The van der Waals surface area contributed by atoms with Crippen LogP contribution in [0.2, 0.25) is 0 Å². The number of hydrogen-bond donors (Lipinski definition) is 1. The van der Waals surface area contributed by atoms with Crippen molar-refractivity contribution >= 4 is 40.1 Å². The van der Waals surface area contributed by atoms with E-state index in [1.54, 1.807) is 30.3 Å². The van der Waals surface area contributed by atoms with Crippen molar-refractivity contribution in [2.75, 3.05) is 12.4 Å². The van der Waals surface area contributed by atoms with Gasteiger partial charge in [0.15, 0.2) is 11.5 Å². The summed E-state index contributed by atoms with van der Waals surface area (Å²) < 4.78 is 4.56. The lowest BCUT2D eigenvalue weighted by Gasteiger charge is -2.10. The Kier molecular flexibility index (Phi) is 4.49. The number of rotatable bonds is 5. The van der Waals surface area contributed by atoms with Crippen LogP contribution in [0.1, 0.15) is 36.2 Å². The van der Waals surface area contributed by atoms with E-state index in [4.69, 9.17) is 0 Å². The number of ether oxygens (including phenoxy) is 1. The Morgan fingerprint density at radius 3 is 2.36 bits per heavy atom. The molecule has 3 aromatic rings. The van der Waals surface area contributed by atoms with Gasteiger partial charge < -0.3 is 10.1 Å². The van der Waals surface area contributed by atoms with Crippen molar-refractivity contribution in [3.05, 3.63) is 58.2 Å². The van der Waals surface area contributed by atoms with E-state index in [-0.39, 0.29) is 24.1 Å². The third-order valence-corrected chi connectivity index (χ3v) is 4.76. The maximum atomic E-state index is 12.4. The third kappa shape index (κ3) is 3.18. The first-order valence-corrected chi connectivity index (χ1v) is 8.85. The first kappa shape index (κ1) is 17.7. The molecule has 0 fully saturated rings. The van der Waals surface area contributed by atoms with E-state index in [0.29, 0.717) is 27.1 Å². The zero-order valence-electron chi connectivity index (χ0n) is 14.4. The van der Waals surface area contributed by atoms with E-state index in [1.807, 2.05) is 0 Å². The number of benzene rings is 1. The normalized spacial score (nSPS) is 12.8. The molecule has 1 aliphatic heterocycles. The number of nitrogens with one attached hydrogen (secondary N) is 1. The second kappa shape index (κ2) is 7.12. The van der Waals surface area contributed by atoms with Gasteiger partial charge in [0.2, 0.25) is 5.13 Å². The fraction of sp³-hybridized carbons (Fsp3) is 0.118. The Morgan fingerprint density at radius 1 is 1.04 bits per heavy atom. The number of carbonyl (C=O) groups is 3. The summed E-state index contributed by atoms with van der Waals surface area (Å²) in [7, 11) is 1.26. The van der Waals surface area contributed by atoms with Crippen LogP contribution in [0.15, 0.2) is 36.4 Å². The first-order valence-electron chi connectivity index (χ1n) is 8.03. The van der Waals surface area contributed by atoms with E-state index in [2.05, 4.69) is 30.4 Å². The van der Waals surface area contributed by atoms with E-state index >= 15 is 0 Å². The average molecular weight is 396 g/mol. The molecule has 1 aliphatic rings. The van der Waals surface area contributed by atoms with Crippen LogP contribution < -0.4 is 5.32 Å². The smallest absolute Gasteiger partial charge is 0.358 e. The lowest BCUT2D eigenvalue weighted by molar-refractivity contribution is 0.0590. The van der Waals surface area contributed by atoms with Gasteiger partial charge in [-0.05, 0) is 24.3 Å². The fourth-order valence-corrected chi connectivity index (χ4v) is 3.34. The number of aromatic nitrogens is 4. The molecule has 0 aliphatic carbocycles. The molecule has 0 radical (unpaired) electrons. The van der Waals surface area contributed by atoms with Crippen molar-refractivity contribution in [3.8, 4) is 0 Å². The van der Waals surface area contributed by atoms with Gasteiger partial charge in [-0.1, -0.05) is 23.5 Å². The quantitative estimate of drug-likeness (QED) is 0.506. The number of imide groups is 1. The minimum Gasteiger partial charge on any atom is -0.464 e. The SMILES string of the molecule is COC(=O)c1ccc(Nc2nnc(CN3C(=O)c4ccccc4C3=O)s2)nn1. The van der Waals surface area contributed by atoms with Gasteiger partial charge in [0.1, 0.15) is 5.01 Å². The molecule has 3 heterocycles. The molecule has 140 valence electrons. The minimum absolute atomic E-state index is 0.0264. The number of fused-ring (bicyclic) bond motifs is 1. The van der Waals surface area contributed by atoms with Crippen molar-refractivity contribution < 1.29 is 19.1 Å². The van der Waals surface area contributed by atoms with Gasteiger partial charge in [-0.25, -0.2) is 4.79 Å². The predicted molar refractivity (Wildman–Crippen MR) is 97.2 cm³/mol. The van der Waals surface area contributed by atoms with Crippen LogP contribution in [0.4, 0.5) is 10.9 Å². The number of amides is 2. The number of esters is 1. The van der Waals surface area contributed by atoms with Crippen molar-refractivity contribution in [3.63, 3.8) is 0 Å². The summed E-state index contributed by atoms with van der Waals surface area (Å²) in [6, 6.07) is 9.69. The summed E-state index contributed by atoms with van der Waals surface area (Å²) in [4.78, 5) is 37.3. The molecule has 0 saturated heterocycles. The molecule has 11 heteroatoms. The van der Waals surface area contributed by atoms with Crippen molar-refractivity contribution in [1.29, 1.82) is 0 Å². The fourth-order valence-electron chi connectivity index (χ4n) is 2.61. The van der Waals surface area contributed by atoms with Crippen LogP contribution in [-0.2, 0) is 11.3 Å². The number of carbonyl (C=O) groups excluding carboxylic acids is 3. The van der Waals surface area contributed by atoms with E-state index in [9.17, 15) is 14.4 Å². The Bertz CT molecular complexity index is 1050. The van der Waals surface area contributed by atoms with E-state index in [0.717, 1.165) is 4.90 Å². The molecule has 0 atom stereocenters. The van der Waals surface area contributed by atoms with Crippen LogP contribution in [0.5, 0.6) is 0 Å². The molecule has 0 bridgehead atoms. The molecule has 0 unspecified atom stereocenters. The minimum atomic E-state index is -0.585. The summed E-state index contributed by atoms with van der Waals surface area (Å²) in [5.41, 5.74) is 0.851. The van der Waals surface area contributed by atoms with Gasteiger partial charge in [-0.15, -0.1) is 20.4 Å². The van der Waals surface area contributed by atoms with Crippen LogP contribution in [0.25, 0.3) is 0 Å². The number of anilines is 2. The predicted octanol–water partition coefficient (Wildman–Crippen LogP) is 1.65. The Labute approximate surface area is 162 Å². The molecular formula is C17H12N6O4S. The van der Waals surface area contributed by atoms with Gasteiger partial charge in [0, 0.05) is 0 Å². The van der Waals surface area contributed by atoms with Crippen molar-refractivity contribution in [2.45, 2.75) is 6.54 Å². The van der Waals surface area contributed by atoms with Crippen LogP contribution in [0, 0.1) is 0 Å². The molecule has 0 spiro atoms. The third-order valence-electron chi connectivity index (χ3n) is 3.93. The zero-order chi connectivity index (χ0) is 19.7. The molecule has 2 aromatic heterocycles. The van der Waals surface area contributed by atoms with E-state index in [1.165, 1.54) is 24.5 Å². The van der Waals surface area contributed by atoms with Crippen LogP contribution in [-0.4, -0.2) is 50.2 Å². The number of methoxy groups -OCH3 is 1. The first-order chi connectivity index (χ1) is 13.6. The summed E-state index contributed by atoms with van der Waals surface area (Å²) in [5.74, 6) is -0.932. The van der Waals surface area contributed by atoms with Gasteiger partial charge >= 0.3 is 5.97 Å². The lowest BCUT2D eigenvalue weighted by atomic mass is 10.1. The Balaban J connectivity index is 1.45. The summed E-state index contributed by atoms with van der Waals surface area (Å²) in [5, 5.41) is 19.4. The number of hydrogen-bond acceptors (Lipinski definition) is 10. The average Bonchev–Trinajstić information content (AvgIpc) is 3.26. The van der Waals surface area contributed by atoms with Crippen LogP contribution in [0.3, 0.4) is 0 Å². The summed E-state index contributed by atoms with van der Waals surface area (Å²) in [6.07, 6.45) is 0. The standard InChI is InChI=1S/C17H12N6O4S/c1-27-16(26)11-6-7-12(20-19-11)18-17-22-21-13(28-17)8-23-14(24)9-4-2-3-5-10(9)15(23)25/h2-7H,8H2,1H3,(H,18,20,22). The summed E-state index contributed by atoms with van der Waals surface area (Å²) >= 11 is 1.17. The Hall–Kier alpha value is -3.73. The molecule has 28 heavy (non-hydrogen) atoms. The van der Waals surface area contributed by atoms with Crippen molar-refractivity contribution in [1.82, 2.24) is 25.3 Å². The largest absolute Gasteiger partial charge is 0.464 e. The molecule has 1 aromatic carbocycles. The van der Waals surface area contributed by atoms with E-state index < -0.39 is 5.97 Å². The lowest BCUT2D eigenvalue weighted by Crippen LogP contribution is -2.29. The van der Waals surface area contributed by atoms with Gasteiger partial charge in [0.25, 0.3) is 11.8 Å². The zero-order valence-corrected chi connectivity index (χ0v) is 15.3. The summed E-state index contributed by atoms with van der Waals surface area (Å²) in [6.45, 7) is 0.0264. The number of nitrogens with zero attached hydrogens (tertiary/aromatic N) is 5. The molecule has 4 rings (SSSR count). The molecule has 10 nitrogen and oxygen atoms in total. The van der Waals surface area contributed by atoms with Crippen molar-refractivity contribution in [2.24, 2.45) is 0 Å². The van der Waals surface area contributed by atoms with Crippen LogP contribution >= 0.6 is 11.3 Å².